The van der Waals surface area contributed by atoms with Crippen molar-refractivity contribution in [2.24, 2.45) is 11.8 Å². The molecule has 6 rings (SSSR count). The molecule has 2 aromatic carbocycles. The lowest BCUT2D eigenvalue weighted by Gasteiger charge is -2.36. The molecule has 13 heteroatoms. The number of pyridine rings is 2. The minimum Gasteiger partial charge on any atom is -0.543 e. The molecule has 4 heterocycles. The molecule has 4 aromatic rings. The summed E-state index contributed by atoms with van der Waals surface area (Å²) in [7, 11) is -3.69. The smallest absolute Gasteiger partial charge is 0.310 e. The first kappa shape index (κ1) is 49.5. The number of piperidine rings is 2. The Hall–Kier alpha value is -4.18. The number of rotatable bonds is 11. The van der Waals surface area contributed by atoms with Crippen LogP contribution in [0.4, 0.5) is 0 Å². The Labute approximate surface area is 366 Å². The van der Waals surface area contributed by atoms with Crippen LogP contribution in [0.15, 0.2) is 60.7 Å². The van der Waals surface area contributed by atoms with Gasteiger partial charge in [0.1, 0.15) is 17.2 Å². The van der Waals surface area contributed by atoms with Crippen molar-refractivity contribution in [3.8, 4) is 11.5 Å². The molecule has 0 spiro atoms. The second kappa shape index (κ2) is 21.8. The number of benzene rings is 2. The highest BCUT2D eigenvalue weighted by molar-refractivity contribution is 6.75. The van der Waals surface area contributed by atoms with Crippen molar-refractivity contribution in [1.82, 2.24) is 20.2 Å². The minimum absolute atomic E-state index is 0.0193. The molecule has 0 amide bonds. The predicted octanol–water partition coefficient (Wildman–Crippen LogP) is 10.4. The third-order valence-corrected chi connectivity index (χ3v) is 21.0. The highest BCUT2D eigenvalue weighted by atomic mass is 28.4. The van der Waals surface area contributed by atoms with Gasteiger partial charge < -0.3 is 23.6 Å². The second-order valence-corrected chi connectivity index (χ2v) is 28.7. The van der Waals surface area contributed by atoms with E-state index in [0.717, 1.165) is 104 Å². The number of nitrogens with one attached hydrogen (secondary N) is 1. The molecule has 0 saturated carbocycles. The van der Waals surface area contributed by atoms with Crippen LogP contribution in [0, 0.1) is 11.8 Å². The van der Waals surface area contributed by atoms with Crippen molar-refractivity contribution in [3.05, 3.63) is 72.1 Å². The molecule has 11 nitrogen and oxygen atoms in total. The van der Waals surface area contributed by atoms with Crippen molar-refractivity contribution in [3.63, 3.8) is 0 Å². The molecule has 2 atom stereocenters. The summed E-state index contributed by atoms with van der Waals surface area (Å²) in [4.78, 5) is 45.4. The summed E-state index contributed by atoms with van der Waals surface area (Å²) in [6.07, 6.45) is 4.76. The van der Waals surface area contributed by atoms with Crippen LogP contribution in [-0.2, 0) is 25.6 Å². The Bertz CT molecular complexity index is 2070. The number of aromatic nitrogens is 2. The Morgan fingerprint density at radius 3 is 1.77 bits per heavy atom. The van der Waals surface area contributed by atoms with E-state index in [4.69, 9.17) is 23.3 Å². The number of carbonyl (C=O) groups excluding carboxylic acids is 3. The Kier molecular flexibility index (Phi) is 17.6. The van der Waals surface area contributed by atoms with Gasteiger partial charge in [-0.15, -0.1) is 0 Å². The van der Waals surface area contributed by atoms with Gasteiger partial charge in [-0.3, -0.25) is 24.3 Å². The molecule has 2 aliphatic rings. The first-order valence-electron chi connectivity index (χ1n) is 22.1. The third kappa shape index (κ3) is 14.4. The van der Waals surface area contributed by atoms with Crippen molar-refractivity contribution in [1.29, 1.82) is 0 Å². The van der Waals surface area contributed by atoms with Gasteiger partial charge in [0.25, 0.3) is 0 Å². The van der Waals surface area contributed by atoms with Crippen LogP contribution in [0.3, 0.4) is 0 Å². The maximum absolute atomic E-state index is 12.1. The summed E-state index contributed by atoms with van der Waals surface area (Å²) in [5.41, 5.74) is 3.28. The second-order valence-electron chi connectivity index (χ2n) is 19.2. The number of aldehydes is 1. The number of hydrogen-bond donors (Lipinski definition) is 1. The third-order valence-electron chi connectivity index (χ3n) is 12.3. The van der Waals surface area contributed by atoms with E-state index in [0.29, 0.717) is 18.9 Å². The number of nitrogens with zero attached hydrogens (tertiary/aromatic N) is 3. The van der Waals surface area contributed by atoms with E-state index in [9.17, 15) is 14.4 Å². The van der Waals surface area contributed by atoms with E-state index in [1.54, 1.807) is 6.07 Å². The van der Waals surface area contributed by atoms with Crippen LogP contribution in [0.5, 0.6) is 11.5 Å². The van der Waals surface area contributed by atoms with E-state index < -0.39 is 16.6 Å². The van der Waals surface area contributed by atoms with Gasteiger partial charge >= 0.3 is 11.9 Å². The normalized spacial score (nSPS) is 17.6. The molecule has 2 saturated heterocycles. The number of hydrogen-bond acceptors (Lipinski definition) is 11. The van der Waals surface area contributed by atoms with Gasteiger partial charge in [0.2, 0.25) is 16.6 Å². The molecule has 61 heavy (non-hydrogen) atoms. The molecule has 2 aliphatic heterocycles. The lowest BCUT2D eigenvalue weighted by molar-refractivity contribution is -0.150. The number of esters is 2. The van der Waals surface area contributed by atoms with Gasteiger partial charge in [-0.05, 0) is 137 Å². The van der Waals surface area contributed by atoms with Crippen molar-refractivity contribution in [2.45, 2.75) is 124 Å². The summed E-state index contributed by atoms with van der Waals surface area (Å²) in [6, 6.07) is 19.9. The molecule has 2 aromatic heterocycles. The van der Waals surface area contributed by atoms with Gasteiger partial charge in [-0.1, -0.05) is 53.7 Å². The molecular formula is C48H72N4O7Si2. The Morgan fingerprint density at radius 1 is 0.738 bits per heavy atom. The predicted molar refractivity (Wildman–Crippen MR) is 251 cm³/mol. The summed E-state index contributed by atoms with van der Waals surface area (Å²) >= 11 is 0. The van der Waals surface area contributed by atoms with Gasteiger partial charge in [-0.25, -0.2) is 4.98 Å². The monoisotopic (exact) mass is 872 g/mol. The first-order chi connectivity index (χ1) is 28.7. The fourth-order valence-electron chi connectivity index (χ4n) is 6.64. The van der Waals surface area contributed by atoms with Crippen LogP contribution in [0.25, 0.3) is 21.8 Å². The van der Waals surface area contributed by atoms with Crippen molar-refractivity contribution >= 4 is 56.7 Å². The van der Waals surface area contributed by atoms with Gasteiger partial charge in [0.05, 0.1) is 41.8 Å². The topological polar surface area (TPSA) is 129 Å². The lowest BCUT2D eigenvalue weighted by Crippen LogP contribution is -2.43. The zero-order chi connectivity index (χ0) is 45.0. The maximum atomic E-state index is 12.1. The van der Waals surface area contributed by atoms with Crippen LogP contribution in [0.1, 0.15) is 97.3 Å². The van der Waals surface area contributed by atoms with Crippen molar-refractivity contribution < 1.29 is 32.7 Å². The van der Waals surface area contributed by atoms with E-state index >= 15 is 0 Å². The standard InChI is InChI=1S/C24H36N2O3Si.C16H21NO2Si.C8H15NO2/c1-7-28-23(27)19-9-8-14-26(16-19)17-20-11-10-18-15-21(12-13-22(18)25-20)29-30(5,6)24(2,3)4;1-16(2,3)20(4,5)19-14-8-9-15-12(10-14)6-7-13(11-18)17-15;1-2-11-8(10)7-4-3-5-9-6-7/h10-13,15,19H,7-9,14,16-17H2,1-6H3;6-11H,1-5H3;7,9H,2-6H2,1H3. The summed E-state index contributed by atoms with van der Waals surface area (Å²) < 4.78 is 22.8. The zero-order valence-electron chi connectivity index (χ0n) is 39.0. The molecule has 0 radical (unpaired) electrons. The molecular weight excluding hydrogens is 801 g/mol. The number of carbonyl (C=O) groups is 3. The number of ether oxygens (including phenoxy) is 2. The Morgan fingerprint density at radius 2 is 1.26 bits per heavy atom. The highest BCUT2D eigenvalue weighted by Gasteiger charge is 2.40. The Balaban J connectivity index is 0.000000226. The minimum atomic E-state index is -1.86. The SMILES string of the molecule is CC(C)(C)[Si](C)(C)Oc1ccc2nc(C=O)ccc2c1.CCOC(=O)C1CCCN(Cc2ccc3cc(O[Si](C)(C)C(C)(C)C)ccc3n2)C1.CCOC(=O)C1CCCNC1. The molecule has 2 unspecified atom stereocenters. The molecule has 334 valence electrons. The first-order valence-corrected chi connectivity index (χ1v) is 27.9. The van der Waals surface area contributed by atoms with E-state index in [-0.39, 0.29) is 33.9 Å². The molecule has 2 fully saturated rings. The maximum Gasteiger partial charge on any atom is 0.310 e. The molecule has 0 bridgehead atoms. The van der Waals surface area contributed by atoms with Crippen LogP contribution >= 0.6 is 0 Å². The average Bonchev–Trinajstić information content (AvgIpc) is 3.20. The fourth-order valence-corrected chi connectivity index (χ4v) is 8.68. The van der Waals surface area contributed by atoms with Crippen LogP contribution in [-0.4, -0.2) is 89.1 Å². The van der Waals surface area contributed by atoms with Gasteiger partial charge in [-0.2, -0.15) is 0 Å². The van der Waals surface area contributed by atoms with E-state index in [2.05, 4.69) is 107 Å². The largest absolute Gasteiger partial charge is 0.543 e. The van der Waals surface area contributed by atoms with Crippen LogP contribution in [0.2, 0.25) is 36.3 Å². The quantitative estimate of drug-likeness (QED) is 0.0878. The molecule has 0 aliphatic carbocycles. The summed E-state index contributed by atoms with van der Waals surface area (Å²) in [5, 5.41) is 5.60. The van der Waals surface area contributed by atoms with Crippen LogP contribution < -0.4 is 14.2 Å². The zero-order valence-corrected chi connectivity index (χ0v) is 41.0. The lowest BCUT2D eigenvalue weighted by atomic mass is 9.98. The van der Waals surface area contributed by atoms with E-state index in [1.807, 2.05) is 44.2 Å². The number of fused-ring (bicyclic) bond motifs is 2. The number of likely N-dealkylation sites (tertiary alicyclic amines) is 1. The van der Waals surface area contributed by atoms with Gasteiger partial charge in [0.15, 0.2) is 6.29 Å². The van der Waals surface area contributed by atoms with Crippen molar-refractivity contribution in [2.75, 3.05) is 39.4 Å². The summed E-state index contributed by atoms with van der Waals surface area (Å²) in [5.74, 6) is 1.78. The van der Waals surface area contributed by atoms with E-state index in [1.165, 1.54) is 0 Å². The fraction of sp³-hybridized carbons (Fsp3) is 0.562. The van der Waals surface area contributed by atoms with Gasteiger partial charge in [0, 0.05) is 30.4 Å². The molecule has 1 N–H and O–H groups in total. The average molecular weight is 873 g/mol. The highest BCUT2D eigenvalue weighted by Crippen LogP contribution is 2.39. The summed E-state index contributed by atoms with van der Waals surface area (Å²) in [6.45, 7) is 31.4.